The maximum atomic E-state index is 12.5. The molecule has 0 bridgehead atoms. The van der Waals surface area contributed by atoms with Crippen molar-refractivity contribution in [3.63, 3.8) is 0 Å². The molecule has 2 aromatic rings. The zero-order valence-electron chi connectivity index (χ0n) is 13.1. The van der Waals surface area contributed by atoms with Gasteiger partial charge in [-0.3, -0.25) is 4.79 Å². The van der Waals surface area contributed by atoms with E-state index in [0.717, 1.165) is 5.69 Å². The van der Waals surface area contributed by atoms with Crippen LogP contribution in [0.4, 0.5) is 5.69 Å². The predicted octanol–water partition coefficient (Wildman–Crippen LogP) is 3.19. The number of aliphatic hydroxyl groups is 1. The van der Waals surface area contributed by atoms with E-state index in [-0.39, 0.29) is 17.9 Å². The summed E-state index contributed by atoms with van der Waals surface area (Å²) in [4.78, 5) is 17.4. The number of methoxy groups -OCH3 is 1. The van der Waals surface area contributed by atoms with Crippen molar-refractivity contribution in [2.75, 3.05) is 12.4 Å². The Balaban J connectivity index is 2.25. The van der Waals surface area contributed by atoms with Gasteiger partial charge in [-0.25, -0.2) is 4.98 Å². The summed E-state index contributed by atoms with van der Waals surface area (Å²) in [5.41, 5.74) is 3.51. The van der Waals surface area contributed by atoms with Gasteiger partial charge in [0.15, 0.2) is 0 Å². The summed E-state index contributed by atoms with van der Waals surface area (Å²) >= 11 is 1.32. The van der Waals surface area contributed by atoms with Crippen molar-refractivity contribution in [1.82, 2.24) is 4.98 Å². The molecule has 6 heteroatoms. The largest absolute Gasteiger partial charge is 0.496 e. The molecule has 118 valence electrons. The maximum Gasteiger partial charge on any atom is 0.267 e. The first-order valence-corrected chi connectivity index (χ1v) is 7.78. The van der Waals surface area contributed by atoms with Gasteiger partial charge < -0.3 is 15.2 Å². The minimum absolute atomic E-state index is 0.152. The zero-order chi connectivity index (χ0) is 16.3. The first-order chi connectivity index (χ1) is 10.4. The van der Waals surface area contributed by atoms with E-state index >= 15 is 0 Å². The molecule has 0 aliphatic heterocycles. The van der Waals surface area contributed by atoms with Crippen molar-refractivity contribution in [2.24, 2.45) is 0 Å². The fourth-order valence-corrected chi connectivity index (χ4v) is 3.00. The standard InChI is InChI=1S/C16H20N2O3S/c1-16(2,3)14-13(22-9-17-14)15(20)18-11-5-6-12(21-4)10(7-11)8-19/h5-7,9,19H,8H2,1-4H3,(H,18,20). The van der Waals surface area contributed by atoms with Gasteiger partial charge in [-0.2, -0.15) is 0 Å². The fourth-order valence-electron chi connectivity index (χ4n) is 2.11. The quantitative estimate of drug-likeness (QED) is 0.907. The van der Waals surface area contributed by atoms with E-state index in [2.05, 4.69) is 10.3 Å². The molecule has 0 spiro atoms. The van der Waals surface area contributed by atoms with Crippen LogP contribution in [-0.4, -0.2) is 23.1 Å². The molecule has 5 nitrogen and oxygen atoms in total. The molecule has 1 aromatic heterocycles. The molecular weight excluding hydrogens is 300 g/mol. The lowest BCUT2D eigenvalue weighted by molar-refractivity contribution is 0.102. The van der Waals surface area contributed by atoms with Gasteiger partial charge in [-0.15, -0.1) is 11.3 Å². The summed E-state index contributed by atoms with van der Waals surface area (Å²) in [7, 11) is 1.54. The van der Waals surface area contributed by atoms with Gasteiger partial charge in [0.05, 0.1) is 24.9 Å². The highest BCUT2D eigenvalue weighted by Gasteiger charge is 2.25. The fraction of sp³-hybridized carbons (Fsp3) is 0.375. The Kier molecular flexibility index (Phi) is 4.83. The Morgan fingerprint density at radius 2 is 2.14 bits per heavy atom. The molecule has 1 amide bonds. The van der Waals surface area contributed by atoms with E-state index in [9.17, 15) is 9.90 Å². The van der Waals surface area contributed by atoms with Crippen molar-refractivity contribution in [3.8, 4) is 5.75 Å². The lowest BCUT2D eigenvalue weighted by Crippen LogP contribution is -2.19. The van der Waals surface area contributed by atoms with Crippen LogP contribution in [0.3, 0.4) is 0 Å². The number of carbonyl (C=O) groups is 1. The second-order valence-electron chi connectivity index (χ2n) is 5.92. The van der Waals surface area contributed by atoms with Crippen LogP contribution in [-0.2, 0) is 12.0 Å². The number of nitrogens with zero attached hydrogens (tertiary/aromatic N) is 1. The lowest BCUT2D eigenvalue weighted by atomic mass is 9.91. The SMILES string of the molecule is COc1ccc(NC(=O)c2scnc2C(C)(C)C)cc1CO. The first kappa shape index (κ1) is 16.5. The van der Waals surface area contributed by atoms with Crippen molar-refractivity contribution in [2.45, 2.75) is 32.8 Å². The molecule has 22 heavy (non-hydrogen) atoms. The monoisotopic (exact) mass is 320 g/mol. The molecule has 0 aliphatic rings. The zero-order valence-corrected chi connectivity index (χ0v) is 14.0. The van der Waals surface area contributed by atoms with Gasteiger partial charge in [0.2, 0.25) is 0 Å². The highest BCUT2D eigenvalue weighted by molar-refractivity contribution is 7.12. The van der Waals surface area contributed by atoms with Crippen LogP contribution < -0.4 is 10.1 Å². The van der Waals surface area contributed by atoms with Crippen molar-refractivity contribution < 1.29 is 14.6 Å². The highest BCUT2D eigenvalue weighted by Crippen LogP contribution is 2.28. The number of hydrogen-bond acceptors (Lipinski definition) is 5. The molecule has 0 unspecified atom stereocenters. The van der Waals surface area contributed by atoms with E-state index in [1.54, 1.807) is 30.8 Å². The molecule has 2 N–H and O–H groups in total. The third-order valence-corrected chi connectivity index (χ3v) is 4.02. The molecule has 0 saturated carbocycles. The minimum Gasteiger partial charge on any atom is -0.496 e. The van der Waals surface area contributed by atoms with Crippen LogP contribution in [0.2, 0.25) is 0 Å². The van der Waals surface area contributed by atoms with Crippen LogP contribution in [0.25, 0.3) is 0 Å². The summed E-state index contributed by atoms with van der Waals surface area (Å²) in [5, 5.41) is 12.2. The summed E-state index contributed by atoms with van der Waals surface area (Å²) in [6.45, 7) is 5.92. The number of rotatable bonds is 4. The van der Waals surface area contributed by atoms with E-state index in [1.165, 1.54) is 11.3 Å². The Hall–Kier alpha value is -1.92. The molecule has 1 heterocycles. The summed E-state index contributed by atoms with van der Waals surface area (Å²) in [6.07, 6.45) is 0. The molecule has 0 atom stereocenters. The Morgan fingerprint density at radius 1 is 1.41 bits per heavy atom. The van der Waals surface area contributed by atoms with Gasteiger partial charge in [-0.1, -0.05) is 20.8 Å². The molecule has 2 rings (SSSR count). The summed E-state index contributed by atoms with van der Waals surface area (Å²) < 4.78 is 5.15. The van der Waals surface area contributed by atoms with Crippen LogP contribution >= 0.6 is 11.3 Å². The number of hydrogen-bond donors (Lipinski definition) is 2. The second-order valence-corrected chi connectivity index (χ2v) is 6.77. The van der Waals surface area contributed by atoms with E-state index in [4.69, 9.17) is 4.74 Å². The van der Waals surface area contributed by atoms with Crippen molar-refractivity contribution in [1.29, 1.82) is 0 Å². The van der Waals surface area contributed by atoms with E-state index in [0.29, 0.717) is 21.9 Å². The average molecular weight is 320 g/mol. The maximum absolute atomic E-state index is 12.5. The van der Waals surface area contributed by atoms with Crippen molar-refractivity contribution >= 4 is 22.9 Å². The number of ether oxygens (including phenoxy) is 1. The Morgan fingerprint density at radius 3 is 2.73 bits per heavy atom. The third-order valence-electron chi connectivity index (χ3n) is 3.19. The number of nitrogens with one attached hydrogen (secondary N) is 1. The highest BCUT2D eigenvalue weighted by atomic mass is 32.1. The lowest BCUT2D eigenvalue weighted by Gasteiger charge is -2.17. The van der Waals surface area contributed by atoms with E-state index < -0.39 is 0 Å². The summed E-state index contributed by atoms with van der Waals surface area (Å²) in [5.74, 6) is 0.398. The second kappa shape index (κ2) is 6.46. The van der Waals surface area contributed by atoms with Gasteiger partial charge in [0.25, 0.3) is 5.91 Å². The van der Waals surface area contributed by atoms with Crippen LogP contribution in [0, 0.1) is 0 Å². The normalized spacial score (nSPS) is 11.3. The van der Waals surface area contributed by atoms with E-state index in [1.807, 2.05) is 20.8 Å². The van der Waals surface area contributed by atoms with Crippen LogP contribution in [0.1, 0.15) is 41.7 Å². The molecule has 0 radical (unpaired) electrons. The topological polar surface area (TPSA) is 71.5 Å². The first-order valence-electron chi connectivity index (χ1n) is 6.90. The Bertz CT molecular complexity index is 674. The van der Waals surface area contributed by atoms with Crippen LogP contribution in [0.5, 0.6) is 5.75 Å². The number of thiazole rings is 1. The summed E-state index contributed by atoms with van der Waals surface area (Å²) in [6, 6.07) is 5.17. The predicted molar refractivity (Wildman–Crippen MR) is 87.7 cm³/mol. The smallest absolute Gasteiger partial charge is 0.267 e. The van der Waals surface area contributed by atoms with Crippen LogP contribution in [0.15, 0.2) is 23.7 Å². The average Bonchev–Trinajstić information content (AvgIpc) is 2.96. The Labute approximate surface area is 134 Å². The van der Waals surface area contributed by atoms with Gasteiger partial charge in [0.1, 0.15) is 10.6 Å². The third kappa shape index (κ3) is 3.45. The molecule has 0 fully saturated rings. The number of aliphatic hydroxyl groups excluding tert-OH is 1. The number of aromatic nitrogens is 1. The van der Waals surface area contributed by atoms with Gasteiger partial charge in [0, 0.05) is 16.7 Å². The molecule has 0 saturated heterocycles. The molecular formula is C16H20N2O3S. The number of anilines is 1. The van der Waals surface area contributed by atoms with Crippen molar-refractivity contribution in [3.05, 3.63) is 39.8 Å². The molecule has 0 aliphatic carbocycles. The van der Waals surface area contributed by atoms with Gasteiger partial charge >= 0.3 is 0 Å². The number of benzene rings is 1. The minimum atomic E-state index is -0.193. The molecule has 1 aromatic carbocycles. The number of carbonyl (C=O) groups excluding carboxylic acids is 1. The van der Waals surface area contributed by atoms with Gasteiger partial charge in [-0.05, 0) is 18.2 Å². The number of amides is 1.